The first kappa shape index (κ1) is 14.5. The van der Waals surface area contributed by atoms with E-state index in [2.05, 4.69) is 14.9 Å². The number of nitrogens with one attached hydrogen (secondary N) is 1. The number of aliphatic hydroxyl groups excluding tert-OH is 1. The molecule has 1 heterocycles. The molecule has 1 aliphatic carbocycles. The highest BCUT2D eigenvalue weighted by molar-refractivity contribution is 5.12. The predicted octanol–water partition coefficient (Wildman–Crippen LogP) is 1.83. The Bertz CT molecular complexity index is 407. The first-order valence-electron chi connectivity index (χ1n) is 6.97. The Hall–Kier alpha value is -0.910. The molecule has 2 N–H and O–H groups in total. The van der Waals surface area contributed by atoms with Crippen LogP contribution in [0.1, 0.15) is 52.1 Å². The number of nitrogens with zero attached hydrogens (tertiary/aromatic N) is 2. The first-order valence-corrected chi connectivity index (χ1v) is 6.97. The molecule has 5 heteroatoms. The van der Waals surface area contributed by atoms with Gasteiger partial charge in [-0.2, -0.15) is 0 Å². The third-order valence-electron chi connectivity index (χ3n) is 3.10. The Balaban J connectivity index is 1.83. The average Bonchev–Trinajstić information content (AvgIpc) is 2.97. The number of hydrogen-bond acceptors (Lipinski definition) is 4. The smallest absolute Gasteiger partial charge is 0.214 e. The summed E-state index contributed by atoms with van der Waals surface area (Å²) in [6.45, 7) is 8.58. The molecule has 0 aliphatic heterocycles. The van der Waals surface area contributed by atoms with Crippen LogP contribution in [0.15, 0.2) is 12.5 Å². The van der Waals surface area contributed by atoms with Crippen LogP contribution in [0.5, 0.6) is 0 Å². The van der Waals surface area contributed by atoms with E-state index in [-0.39, 0.29) is 11.6 Å². The maximum atomic E-state index is 9.82. The molecule has 0 aromatic carbocycles. The molecule has 1 fully saturated rings. The van der Waals surface area contributed by atoms with Crippen LogP contribution in [-0.2, 0) is 11.3 Å². The molecule has 1 aromatic heterocycles. The Morgan fingerprint density at radius 3 is 2.79 bits per heavy atom. The monoisotopic (exact) mass is 267 g/mol. The third kappa shape index (κ3) is 4.60. The maximum absolute atomic E-state index is 9.82. The average molecular weight is 267 g/mol. The fraction of sp³-hybridized carbons (Fsp3) is 0.786. The minimum absolute atomic E-state index is 0.115. The highest BCUT2D eigenvalue weighted by atomic mass is 16.6. The van der Waals surface area contributed by atoms with Gasteiger partial charge in [0.25, 0.3) is 0 Å². The highest BCUT2D eigenvalue weighted by Gasteiger charge is 2.27. The molecule has 2 atom stereocenters. The molecular weight excluding hydrogens is 242 g/mol. The van der Waals surface area contributed by atoms with E-state index in [0.717, 1.165) is 6.54 Å². The molecule has 5 nitrogen and oxygen atoms in total. The minimum Gasteiger partial charge on any atom is -0.356 e. The first-order chi connectivity index (χ1) is 8.85. The van der Waals surface area contributed by atoms with Gasteiger partial charge in [-0.15, -0.1) is 0 Å². The van der Waals surface area contributed by atoms with E-state index >= 15 is 0 Å². The van der Waals surface area contributed by atoms with Crippen molar-refractivity contribution >= 4 is 0 Å². The SMILES string of the molecule is CC(Cn1cncc1C1CC1)NC(O)OC(C)(C)C. The Morgan fingerprint density at radius 1 is 1.53 bits per heavy atom. The van der Waals surface area contributed by atoms with Crippen LogP contribution in [0.2, 0.25) is 0 Å². The summed E-state index contributed by atoms with van der Waals surface area (Å²) in [6, 6.07) is 0.115. The van der Waals surface area contributed by atoms with Crippen molar-refractivity contribution < 1.29 is 9.84 Å². The molecule has 0 spiro atoms. The molecule has 108 valence electrons. The number of imidazole rings is 1. The van der Waals surface area contributed by atoms with Crippen molar-refractivity contribution in [1.29, 1.82) is 0 Å². The summed E-state index contributed by atoms with van der Waals surface area (Å²) in [4.78, 5) is 4.22. The van der Waals surface area contributed by atoms with Gasteiger partial charge in [-0.1, -0.05) is 0 Å². The lowest BCUT2D eigenvalue weighted by Crippen LogP contribution is -2.44. The normalized spacial score (nSPS) is 19.4. The summed E-state index contributed by atoms with van der Waals surface area (Å²) in [5.74, 6) is 0.686. The van der Waals surface area contributed by atoms with Gasteiger partial charge in [0.2, 0.25) is 6.41 Å². The summed E-state index contributed by atoms with van der Waals surface area (Å²) >= 11 is 0. The second kappa shape index (κ2) is 5.61. The number of aromatic nitrogens is 2. The quantitative estimate of drug-likeness (QED) is 0.772. The molecule has 19 heavy (non-hydrogen) atoms. The zero-order valence-electron chi connectivity index (χ0n) is 12.3. The Labute approximate surface area is 115 Å². The Morgan fingerprint density at radius 2 is 2.21 bits per heavy atom. The number of rotatable bonds is 6. The van der Waals surface area contributed by atoms with Gasteiger partial charge in [0.05, 0.1) is 11.9 Å². The van der Waals surface area contributed by atoms with Gasteiger partial charge >= 0.3 is 0 Å². The number of ether oxygens (including phenoxy) is 1. The van der Waals surface area contributed by atoms with Gasteiger partial charge < -0.3 is 14.4 Å². The van der Waals surface area contributed by atoms with Gasteiger partial charge in [-0.05, 0) is 40.5 Å². The van der Waals surface area contributed by atoms with Crippen LogP contribution >= 0.6 is 0 Å². The molecule has 2 unspecified atom stereocenters. The fourth-order valence-electron chi connectivity index (χ4n) is 2.16. The van der Waals surface area contributed by atoms with Crippen LogP contribution in [0.25, 0.3) is 0 Å². The second-order valence-electron chi connectivity index (χ2n) is 6.40. The molecule has 0 bridgehead atoms. The van der Waals surface area contributed by atoms with Crippen molar-refractivity contribution in [2.75, 3.05) is 0 Å². The van der Waals surface area contributed by atoms with E-state index in [1.807, 2.05) is 40.2 Å². The summed E-state index contributed by atoms with van der Waals surface area (Å²) in [5.41, 5.74) is 0.945. The summed E-state index contributed by atoms with van der Waals surface area (Å²) < 4.78 is 7.60. The van der Waals surface area contributed by atoms with Crippen LogP contribution in [0.4, 0.5) is 0 Å². The van der Waals surface area contributed by atoms with Crippen LogP contribution in [0.3, 0.4) is 0 Å². The second-order valence-corrected chi connectivity index (χ2v) is 6.40. The third-order valence-corrected chi connectivity index (χ3v) is 3.10. The van der Waals surface area contributed by atoms with Gasteiger partial charge in [-0.25, -0.2) is 4.98 Å². The van der Waals surface area contributed by atoms with Crippen LogP contribution in [0, 0.1) is 0 Å². The topological polar surface area (TPSA) is 59.3 Å². The molecule has 1 saturated carbocycles. The van der Waals surface area contributed by atoms with E-state index in [1.54, 1.807) is 0 Å². The van der Waals surface area contributed by atoms with E-state index in [1.165, 1.54) is 18.5 Å². The Kier molecular flexibility index (Phi) is 4.28. The molecular formula is C14H25N3O2. The van der Waals surface area contributed by atoms with Gasteiger partial charge in [-0.3, -0.25) is 5.32 Å². The highest BCUT2D eigenvalue weighted by Crippen LogP contribution is 2.39. The predicted molar refractivity (Wildman–Crippen MR) is 73.6 cm³/mol. The molecule has 0 radical (unpaired) electrons. The van der Waals surface area contributed by atoms with Gasteiger partial charge in [0.15, 0.2) is 0 Å². The van der Waals surface area contributed by atoms with Crippen molar-refractivity contribution in [3.05, 3.63) is 18.2 Å². The van der Waals surface area contributed by atoms with Crippen LogP contribution in [-0.4, -0.2) is 32.7 Å². The summed E-state index contributed by atoms with van der Waals surface area (Å²) in [5, 5.41) is 12.9. The molecule has 0 saturated heterocycles. The lowest BCUT2D eigenvalue weighted by Gasteiger charge is -2.27. The molecule has 2 rings (SSSR count). The van der Waals surface area contributed by atoms with Crippen molar-refractivity contribution in [3.63, 3.8) is 0 Å². The van der Waals surface area contributed by atoms with Gasteiger partial charge in [0, 0.05) is 30.4 Å². The zero-order chi connectivity index (χ0) is 14.0. The lowest BCUT2D eigenvalue weighted by molar-refractivity contribution is -0.185. The lowest BCUT2D eigenvalue weighted by atomic mass is 10.2. The minimum atomic E-state index is -0.942. The molecule has 0 amide bonds. The molecule has 1 aliphatic rings. The van der Waals surface area contributed by atoms with E-state index in [0.29, 0.717) is 5.92 Å². The van der Waals surface area contributed by atoms with E-state index in [9.17, 15) is 5.11 Å². The zero-order valence-corrected chi connectivity index (χ0v) is 12.3. The number of aliphatic hydroxyl groups is 1. The van der Waals surface area contributed by atoms with Crippen molar-refractivity contribution in [2.45, 2.75) is 71.1 Å². The summed E-state index contributed by atoms with van der Waals surface area (Å²) in [7, 11) is 0. The largest absolute Gasteiger partial charge is 0.356 e. The van der Waals surface area contributed by atoms with Gasteiger partial charge in [0.1, 0.15) is 0 Å². The van der Waals surface area contributed by atoms with Crippen molar-refractivity contribution in [3.8, 4) is 0 Å². The van der Waals surface area contributed by atoms with E-state index < -0.39 is 6.41 Å². The fourth-order valence-corrected chi connectivity index (χ4v) is 2.16. The van der Waals surface area contributed by atoms with Crippen molar-refractivity contribution in [1.82, 2.24) is 14.9 Å². The number of hydrogen-bond donors (Lipinski definition) is 2. The van der Waals surface area contributed by atoms with Crippen molar-refractivity contribution in [2.24, 2.45) is 0 Å². The summed E-state index contributed by atoms with van der Waals surface area (Å²) in [6.07, 6.45) is 5.41. The maximum Gasteiger partial charge on any atom is 0.214 e. The molecule has 1 aromatic rings. The van der Waals surface area contributed by atoms with E-state index in [4.69, 9.17) is 4.74 Å². The van der Waals surface area contributed by atoms with Crippen LogP contribution < -0.4 is 5.32 Å². The standard InChI is InChI=1S/C14H25N3O2/c1-10(16-13(18)19-14(2,3)4)8-17-9-15-7-12(17)11-5-6-11/h7,9-11,13,16,18H,5-6,8H2,1-4H3.